The number of ether oxygens (including phenoxy) is 2. The number of halogens is 1. The summed E-state index contributed by atoms with van der Waals surface area (Å²) in [6.45, 7) is 9.83. The number of allylic oxidation sites excluding steroid dienone is 1. The maximum atomic E-state index is 12.3. The summed E-state index contributed by atoms with van der Waals surface area (Å²) in [5.41, 5.74) is -0.956. The van der Waals surface area contributed by atoms with Crippen LogP contribution < -0.4 is 15.7 Å². The lowest BCUT2D eigenvalue weighted by Crippen LogP contribution is -2.24. The highest BCUT2D eigenvalue weighted by Gasteiger charge is 2.26. The lowest BCUT2D eigenvalue weighted by atomic mass is 9.90. The van der Waals surface area contributed by atoms with Crippen molar-refractivity contribution in [1.82, 2.24) is 5.32 Å². The number of thiophene rings is 1. The predicted molar refractivity (Wildman–Crippen MR) is 165 cm³/mol. The van der Waals surface area contributed by atoms with Crippen LogP contribution in [0.2, 0.25) is 0 Å². The third-order valence-electron chi connectivity index (χ3n) is 6.26. The molecule has 0 aliphatic rings. The highest BCUT2D eigenvalue weighted by molar-refractivity contribution is 7.13. The molecule has 0 fully saturated rings. The molecule has 0 spiro atoms. The number of rotatable bonds is 12. The Morgan fingerprint density at radius 3 is 2.21 bits per heavy atom. The summed E-state index contributed by atoms with van der Waals surface area (Å²) < 4.78 is 27.0. The van der Waals surface area contributed by atoms with Gasteiger partial charge in [-0.1, -0.05) is 33.8 Å². The van der Waals surface area contributed by atoms with Crippen LogP contribution in [0.1, 0.15) is 77.8 Å². The number of methoxy groups -OCH3 is 1. The summed E-state index contributed by atoms with van der Waals surface area (Å²) in [5, 5.41) is 13.8. The fraction of sp³-hybridized carbons (Fsp3) is 0.375. The van der Waals surface area contributed by atoms with Gasteiger partial charge in [-0.3, -0.25) is 14.4 Å². The molecule has 0 aliphatic heterocycles. The summed E-state index contributed by atoms with van der Waals surface area (Å²) in [4.78, 5) is 45.0. The van der Waals surface area contributed by atoms with E-state index in [2.05, 4.69) is 10.1 Å². The smallest absolute Gasteiger partial charge is 0.350 e. The van der Waals surface area contributed by atoms with Gasteiger partial charge in [0, 0.05) is 29.8 Å². The van der Waals surface area contributed by atoms with Gasteiger partial charge >= 0.3 is 11.7 Å². The zero-order valence-electron chi connectivity index (χ0n) is 25.5. The second-order valence-electron chi connectivity index (χ2n) is 9.86. The van der Waals surface area contributed by atoms with Crippen LogP contribution >= 0.6 is 11.3 Å². The fourth-order valence-electron chi connectivity index (χ4n) is 3.43. The highest BCUT2D eigenvalue weighted by Crippen LogP contribution is 2.29. The minimum atomic E-state index is -1.43. The van der Waals surface area contributed by atoms with E-state index in [0.29, 0.717) is 18.0 Å². The van der Waals surface area contributed by atoms with E-state index in [0.717, 1.165) is 22.8 Å². The van der Waals surface area contributed by atoms with Crippen molar-refractivity contribution in [3.05, 3.63) is 86.9 Å². The topological polar surface area (TPSA) is 132 Å². The zero-order chi connectivity index (χ0) is 32.5. The molecule has 234 valence electrons. The lowest BCUT2D eigenvalue weighted by molar-refractivity contribution is -0.126. The average molecular weight is 618 g/mol. The molecule has 0 saturated carbocycles. The van der Waals surface area contributed by atoms with Gasteiger partial charge in [-0.25, -0.2) is 4.79 Å². The Labute approximate surface area is 255 Å². The number of benzene rings is 1. The Morgan fingerprint density at radius 1 is 1.12 bits per heavy atom. The van der Waals surface area contributed by atoms with Crippen molar-refractivity contribution in [2.24, 2.45) is 11.8 Å². The molecule has 1 aromatic carbocycles. The molecule has 9 nitrogen and oxygen atoms in total. The van der Waals surface area contributed by atoms with Crippen LogP contribution in [0.5, 0.6) is 16.6 Å². The zero-order valence-corrected chi connectivity index (χ0v) is 26.3. The van der Waals surface area contributed by atoms with Gasteiger partial charge in [0.25, 0.3) is 6.47 Å². The van der Waals surface area contributed by atoms with E-state index in [1.807, 2.05) is 59.2 Å². The summed E-state index contributed by atoms with van der Waals surface area (Å²) in [6.07, 6.45) is 5.42. The van der Waals surface area contributed by atoms with E-state index < -0.39 is 11.7 Å². The minimum Gasteiger partial charge on any atom is -0.507 e. The van der Waals surface area contributed by atoms with Crippen molar-refractivity contribution in [1.29, 1.82) is 0 Å². The number of Topliss-reactive ketones (excluding diaryl/α,β-unsaturated/α-hetero) is 1. The molecule has 0 saturated heterocycles. The number of aryl methyl sites for hydroxylation is 1. The van der Waals surface area contributed by atoms with Gasteiger partial charge in [0.2, 0.25) is 0 Å². The standard InChI is InChI=1S/C18H27NO4.C12H9FO2S.C2H4O2/c1-11(2)13(4)17(21)16-14(20)10-15(23-18(16)22)12(3)8-6-7-9-19-5;1-8-2-7-11(16-8)15-10-5-3-9(4-6-10)12(13)14;1-4-2-3/h7,9-13,19-20H,6,8H2,1-5H3;2-7H,1H3;2H,1H3/b9-7+;;. The number of hydrogen-bond acceptors (Lipinski definition) is 10. The van der Waals surface area contributed by atoms with Crippen molar-refractivity contribution in [3.63, 3.8) is 0 Å². The van der Waals surface area contributed by atoms with E-state index in [1.54, 1.807) is 19.1 Å². The molecule has 3 aromatic rings. The summed E-state index contributed by atoms with van der Waals surface area (Å²) in [7, 11) is 3.14. The largest absolute Gasteiger partial charge is 0.507 e. The molecular weight excluding hydrogens is 577 g/mol. The molecule has 11 heteroatoms. The van der Waals surface area contributed by atoms with Gasteiger partial charge in [-0.05, 0) is 68.3 Å². The van der Waals surface area contributed by atoms with Crippen LogP contribution in [0.4, 0.5) is 4.39 Å². The third-order valence-corrected chi connectivity index (χ3v) is 7.14. The van der Waals surface area contributed by atoms with Gasteiger partial charge in [-0.15, -0.1) is 11.3 Å². The molecule has 2 N–H and O–H groups in total. The third kappa shape index (κ3) is 12.7. The average Bonchev–Trinajstić information content (AvgIpc) is 3.39. The van der Waals surface area contributed by atoms with Crippen LogP contribution in [-0.4, -0.2) is 37.6 Å². The number of hydrogen-bond donors (Lipinski definition) is 2. The lowest BCUT2D eigenvalue weighted by Gasteiger charge is -2.15. The first-order valence-corrected chi connectivity index (χ1v) is 14.4. The molecule has 2 unspecified atom stereocenters. The molecule has 0 amide bonds. The number of carbonyl (C=O) groups is 3. The maximum absolute atomic E-state index is 12.3. The van der Waals surface area contributed by atoms with Crippen molar-refractivity contribution in [2.75, 3.05) is 14.2 Å². The van der Waals surface area contributed by atoms with Crippen molar-refractivity contribution in [3.8, 4) is 16.6 Å². The minimum absolute atomic E-state index is 0.0261. The summed E-state index contributed by atoms with van der Waals surface area (Å²) in [6, 6.07) is 9.74. The molecule has 2 atom stereocenters. The van der Waals surface area contributed by atoms with E-state index >= 15 is 0 Å². The van der Waals surface area contributed by atoms with Crippen molar-refractivity contribution in [2.45, 2.75) is 53.4 Å². The number of aromatic hydroxyl groups is 1. The predicted octanol–water partition coefficient (Wildman–Crippen LogP) is 7.18. The van der Waals surface area contributed by atoms with E-state index in [9.17, 15) is 23.9 Å². The first kappa shape index (κ1) is 36.8. The van der Waals surface area contributed by atoms with Crippen LogP contribution in [0.3, 0.4) is 0 Å². The molecule has 43 heavy (non-hydrogen) atoms. The second kappa shape index (κ2) is 19.0. The van der Waals surface area contributed by atoms with Crippen molar-refractivity contribution < 1.29 is 37.8 Å². The van der Waals surface area contributed by atoms with Gasteiger partial charge in [-0.2, -0.15) is 4.39 Å². The monoisotopic (exact) mass is 617 g/mol. The molecule has 2 heterocycles. The Hall–Kier alpha value is -4.25. The van der Waals surface area contributed by atoms with Crippen molar-refractivity contribution >= 4 is 29.6 Å². The SMILES string of the molecule is CN/C=C/CCC(C)c1cc(O)c(C(=O)C(C)C(C)C)c(=O)o1.COC=O.Cc1ccc(Oc2ccc(C(=O)F)cc2)s1. The molecule has 3 rings (SSSR count). The van der Waals surface area contributed by atoms with Gasteiger partial charge in [0.1, 0.15) is 22.8 Å². The fourth-order valence-corrected chi connectivity index (χ4v) is 4.15. The van der Waals surface area contributed by atoms with Gasteiger partial charge in [0.05, 0.1) is 12.7 Å². The van der Waals surface area contributed by atoms with Gasteiger partial charge in [0.15, 0.2) is 10.8 Å². The van der Waals surface area contributed by atoms with Crippen LogP contribution in [0.25, 0.3) is 0 Å². The first-order valence-electron chi connectivity index (χ1n) is 13.6. The maximum Gasteiger partial charge on any atom is 0.350 e. The summed E-state index contributed by atoms with van der Waals surface area (Å²) in [5.74, 6) is 0.0409. The van der Waals surface area contributed by atoms with Crippen LogP contribution in [0.15, 0.2) is 64.0 Å². The number of nitrogens with one attached hydrogen (secondary N) is 1. The first-order chi connectivity index (χ1) is 20.4. The molecule has 0 bridgehead atoms. The second-order valence-corrected chi connectivity index (χ2v) is 11.1. The van der Waals surface area contributed by atoms with Crippen LogP contribution in [-0.2, 0) is 9.53 Å². The normalized spacial score (nSPS) is 11.8. The molecule has 0 radical (unpaired) electrons. The quantitative estimate of drug-likeness (QED) is 0.123. The molecular formula is C32H40FNO8S. The Kier molecular flexibility index (Phi) is 16.3. The Morgan fingerprint density at radius 2 is 1.74 bits per heavy atom. The van der Waals surface area contributed by atoms with E-state index in [-0.39, 0.29) is 40.4 Å². The number of ketones is 1. The Balaban J connectivity index is 0.000000399. The highest BCUT2D eigenvalue weighted by atomic mass is 32.1. The summed E-state index contributed by atoms with van der Waals surface area (Å²) >= 11 is 1.53. The number of carbonyl (C=O) groups excluding carboxylic acids is 3. The Bertz CT molecular complexity index is 1400. The van der Waals surface area contributed by atoms with E-state index in [4.69, 9.17) is 13.9 Å². The molecule has 0 aliphatic carbocycles. The van der Waals surface area contributed by atoms with E-state index in [1.165, 1.54) is 36.6 Å². The van der Waals surface area contributed by atoms with Crippen LogP contribution in [0, 0.1) is 18.8 Å². The van der Waals surface area contributed by atoms with Gasteiger partial charge < -0.3 is 24.3 Å². The molecule has 2 aromatic heterocycles.